The fraction of sp³-hybridized carbons (Fsp3) is 0.111. The van der Waals surface area contributed by atoms with Gasteiger partial charge in [0, 0.05) is 12.4 Å². The predicted molar refractivity (Wildman–Crippen MR) is 58.3 cm³/mol. The molecule has 2 heterocycles. The van der Waals surface area contributed by atoms with E-state index in [-0.39, 0.29) is 5.56 Å². The lowest BCUT2D eigenvalue weighted by molar-refractivity contribution is 1.01. The van der Waals surface area contributed by atoms with Crippen LogP contribution < -0.4 is 5.56 Å². The van der Waals surface area contributed by atoms with E-state index in [1.54, 1.807) is 25.4 Å². The van der Waals surface area contributed by atoms with Gasteiger partial charge in [0.1, 0.15) is 4.47 Å². The largest absolute Gasteiger partial charge is 0.303 e. The van der Waals surface area contributed by atoms with Gasteiger partial charge in [-0.3, -0.25) is 4.79 Å². The topological polar surface area (TPSA) is 71.5 Å². The minimum absolute atomic E-state index is 0.232. The van der Waals surface area contributed by atoms with Crippen LogP contribution in [0.2, 0.25) is 0 Å². The van der Waals surface area contributed by atoms with Gasteiger partial charge >= 0.3 is 0 Å². The van der Waals surface area contributed by atoms with E-state index in [2.05, 4.69) is 35.9 Å². The lowest BCUT2D eigenvalue weighted by atomic mass is 10.4. The molecule has 2 aromatic heterocycles. The van der Waals surface area contributed by atoms with E-state index in [1.807, 2.05) is 0 Å². The fourth-order valence-electron chi connectivity index (χ4n) is 1.10. The number of aryl methyl sites for hydroxylation is 1. The number of rotatable bonds is 1. The molecule has 2 aromatic rings. The molecule has 0 fully saturated rings. The molecule has 0 spiro atoms. The van der Waals surface area contributed by atoms with Gasteiger partial charge in [-0.05, 0) is 28.9 Å². The molecular formula is C9H7BrN4O. The molecule has 0 atom stereocenters. The first-order valence-electron chi connectivity index (χ1n) is 4.22. The van der Waals surface area contributed by atoms with Gasteiger partial charge in [-0.1, -0.05) is 0 Å². The molecule has 0 aliphatic heterocycles. The van der Waals surface area contributed by atoms with Crippen molar-refractivity contribution in [2.75, 3.05) is 0 Å². The Hall–Kier alpha value is -1.56. The number of aromatic nitrogens is 4. The summed E-state index contributed by atoms with van der Waals surface area (Å²) < 4.78 is 0.433. The molecule has 1 N–H and O–H groups in total. The van der Waals surface area contributed by atoms with Crippen molar-refractivity contribution in [2.45, 2.75) is 6.92 Å². The minimum atomic E-state index is -0.232. The Bertz CT molecular complexity index is 538. The smallest absolute Gasteiger partial charge is 0.265 e. The Morgan fingerprint density at radius 3 is 2.60 bits per heavy atom. The first-order valence-corrected chi connectivity index (χ1v) is 5.01. The van der Waals surface area contributed by atoms with E-state index in [9.17, 15) is 4.79 Å². The van der Waals surface area contributed by atoms with E-state index in [0.29, 0.717) is 21.8 Å². The van der Waals surface area contributed by atoms with Crippen molar-refractivity contribution in [3.05, 3.63) is 39.0 Å². The molecule has 0 aromatic carbocycles. The zero-order valence-corrected chi connectivity index (χ0v) is 9.45. The van der Waals surface area contributed by atoms with Crippen molar-refractivity contribution < 1.29 is 0 Å². The second-order valence-electron chi connectivity index (χ2n) is 2.89. The summed E-state index contributed by atoms with van der Waals surface area (Å²) in [7, 11) is 0. The monoisotopic (exact) mass is 266 g/mol. The van der Waals surface area contributed by atoms with Gasteiger partial charge in [-0.25, -0.2) is 15.0 Å². The number of nitrogens with one attached hydrogen (secondary N) is 1. The number of hydrogen-bond donors (Lipinski definition) is 1. The van der Waals surface area contributed by atoms with Crippen LogP contribution in [0.25, 0.3) is 11.6 Å². The van der Waals surface area contributed by atoms with Crippen molar-refractivity contribution in [1.82, 2.24) is 19.9 Å². The number of halogens is 1. The number of nitrogens with zero attached hydrogens (tertiary/aromatic N) is 3. The van der Waals surface area contributed by atoms with Gasteiger partial charge in [-0.2, -0.15) is 0 Å². The summed E-state index contributed by atoms with van der Waals surface area (Å²) in [5.41, 5.74) is 0.381. The van der Waals surface area contributed by atoms with Crippen molar-refractivity contribution >= 4 is 15.9 Å². The third-order valence-corrected chi connectivity index (χ3v) is 2.74. The fourth-order valence-corrected chi connectivity index (χ4v) is 1.29. The molecule has 0 saturated heterocycles. The molecule has 5 nitrogen and oxygen atoms in total. The van der Waals surface area contributed by atoms with Gasteiger partial charge < -0.3 is 4.98 Å². The van der Waals surface area contributed by atoms with Crippen LogP contribution in [0.4, 0.5) is 0 Å². The second kappa shape index (κ2) is 3.90. The average Bonchev–Trinajstić information content (AvgIpc) is 2.26. The summed E-state index contributed by atoms with van der Waals surface area (Å²) in [6.07, 6.45) is 3.19. The lowest BCUT2D eigenvalue weighted by Crippen LogP contribution is -2.12. The summed E-state index contributed by atoms with van der Waals surface area (Å²) in [5.74, 6) is 0.784. The van der Waals surface area contributed by atoms with Crippen LogP contribution in [0.15, 0.2) is 27.7 Å². The normalized spacial score (nSPS) is 10.3. The summed E-state index contributed by atoms with van der Waals surface area (Å²) in [6, 6.07) is 1.70. The van der Waals surface area contributed by atoms with E-state index >= 15 is 0 Å². The lowest BCUT2D eigenvalue weighted by Gasteiger charge is -2.00. The maximum atomic E-state index is 11.4. The SMILES string of the molecule is Cc1nc(-c2ncccn2)[nH]c(=O)c1Br. The van der Waals surface area contributed by atoms with Crippen molar-refractivity contribution in [2.24, 2.45) is 0 Å². The van der Waals surface area contributed by atoms with E-state index in [4.69, 9.17) is 0 Å². The molecule has 0 aliphatic rings. The summed E-state index contributed by atoms with van der Waals surface area (Å²) in [5, 5.41) is 0. The summed E-state index contributed by atoms with van der Waals surface area (Å²) in [6.45, 7) is 1.74. The molecule has 0 saturated carbocycles. The van der Waals surface area contributed by atoms with Gasteiger partial charge in [-0.15, -0.1) is 0 Å². The minimum Gasteiger partial charge on any atom is -0.303 e. The molecule has 0 unspecified atom stereocenters. The first kappa shape index (κ1) is 9.97. The van der Waals surface area contributed by atoms with Crippen LogP contribution in [0.5, 0.6) is 0 Å². The number of aromatic amines is 1. The maximum absolute atomic E-state index is 11.4. The number of H-pyrrole nitrogens is 1. The highest BCUT2D eigenvalue weighted by Gasteiger charge is 2.07. The van der Waals surface area contributed by atoms with Crippen LogP contribution >= 0.6 is 15.9 Å². The Labute approximate surface area is 93.8 Å². The zero-order valence-electron chi connectivity index (χ0n) is 7.86. The van der Waals surface area contributed by atoms with E-state index in [1.165, 1.54) is 0 Å². The summed E-state index contributed by atoms with van der Waals surface area (Å²) >= 11 is 3.14. The van der Waals surface area contributed by atoms with Gasteiger partial charge in [0.2, 0.25) is 0 Å². The molecule has 0 radical (unpaired) electrons. The Balaban J connectivity index is 2.61. The Morgan fingerprint density at radius 2 is 2.00 bits per heavy atom. The van der Waals surface area contributed by atoms with Crippen molar-refractivity contribution in [1.29, 1.82) is 0 Å². The molecular weight excluding hydrogens is 260 g/mol. The van der Waals surface area contributed by atoms with Crippen LogP contribution in [-0.2, 0) is 0 Å². The van der Waals surface area contributed by atoms with Crippen LogP contribution in [0.1, 0.15) is 5.69 Å². The standard InChI is InChI=1S/C9H7BrN4O/c1-5-6(10)9(15)14-8(13-5)7-11-3-2-4-12-7/h2-4H,1H3,(H,13,14,15). The van der Waals surface area contributed by atoms with Gasteiger partial charge in [0.25, 0.3) is 5.56 Å². The number of hydrogen-bond acceptors (Lipinski definition) is 4. The van der Waals surface area contributed by atoms with Crippen molar-refractivity contribution in [3.8, 4) is 11.6 Å². The van der Waals surface area contributed by atoms with Crippen LogP contribution in [0, 0.1) is 6.92 Å². The molecule has 2 rings (SSSR count). The third kappa shape index (κ3) is 1.94. The molecule has 0 aliphatic carbocycles. The second-order valence-corrected chi connectivity index (χ2v) is 3.68. The third-order valence-electron chi connectivity index (χ3n) is 1.81. The van der Waals surface area contributed by atoms with Crippen LogP contribution in [0.3, 0.4) is 0 Å². The van der Waals surface area contributed by atoms with Gasteiger partial charge in [0.15, 0.2) is 11.6 Å². The molecule has 76 valence electrons. The van der Waals surface area contributed by atoms with Gasteiger partial charge in [0.05, 0.1) is 5.69 Å². The summed E-state index contributed by atoms with van der Waals surface area (Å²) in [4.78, 5) is 26.2. The van der Waals surface area contributed by atoms with E-state index in [0.717, 1.165) is 0 Å². The quantitative estimate of drug-likeness (QED) is 0.845. The Morgan fingerprint density at radius 1 is 1.33 bits per heavy atom. The highest BCUT2D eigenvalue weighted by Crippen LogP contribution is 2.11. The predicted octanol–water partition coefficient (Wildman–Crippen LogP) is 1.30. The highest BCUT2D eigenvalue weighted by atomic mass is 79.9. The first-order chi connectivity index (χ1) is 7.18. The molecule has 0 bridgehead atoms. The average molecular weight is 267 g/mol. The van der Waals surface area contributed by atoms with E-state index < -0.39 is 0 Å². The van der Waals surface area contributed by atoms with Crippen molar-refractivity contribution in [3.63, 3.8) is 0 Å². The molecule has 6 heteroatoms. The molecule has 15 heavy (non-hydrogen) atoms. The zero-order chi connectivity index (χ0) is 10.8. The molecule has 0 amide bonds. The maximum Gasteiger partial charge on any atom is 0.265 e. The van der Waals surface area contributed by atoms with Crippen LogP contribution in [-0.4, -0.2) is 19.9 Å². The Kier molecular flexibility index (Phi) is 2.59. The highest BCUT2D eigenvalue weighted by molar-refractivity contribution is 9.10.